The Hall–Kier alpha value is -3.17. The minimum atomic E-state index is -4.46. The number of aromatic nitrogens is 1. The fourth-order valence-corrected chi connectivity index (χ4v) is 3.57. The molecule has 9 heteroatoms. The molecule has 0 unspecified atom stereocenters. The molecule has 2 aromatic carbocycles. The van der Waals surface area contributed by atoms with Crippen molar-refractivity contribution >= 4 is 5.91 Å². The number of hydrogen-bond acceptors (Lipinski definition) is 5. The first kappa shape index (κ1) is 25.5. The average molecular weight is 475 g/mol. The molecule has 0 aliphatic carbocycles. The summed E-state index contributed by atoms with van der Waals surface area (Å²) < 4.78 is 46.3. The monoisotopic (exact) mass is 474 g/mol. The number of amides is 1. The van der Waals surface area contributed by atoms with E-state index >= 15 is 0 Å². The van der Waals surface area contributed by atoms with Gasteiger partial charge >= 0.3 is 6.18 Å². The molecule has 0 aliphatic rings. The quantitative estimate of drug-likeness (QED) is 0.460. The van der Waals surface area contributed by atoms with Gasteiger partial charge in [0.2, 0.25) is 5.89 Å². The van der Waals surface area contributed by atoms with Gasteiger partial charge in [0.15, 0.2) is 5.69 Å². The predicted molar refractivity (Wildman–Crippen MR) is 123 cm³/mol. The van der Waals surface area contributed by atoms with Crippen LogP contribution in [0.4, 0.5) is 13.2 Å². The molecule has 3 aromatic rings. The van der Waals surface area contributed by atoms with Crippen LogP contribution >= 0.6 is 0 Å². The summed E-state index contributed by atoms with van der Waals surface area (Å²) >= 11 is 0. The third-order valence-electron chi connectivity index (χ3n) is 5.49. The number of hydrogen-bond donors (Lipinski definition) is 1. The lowest BCUT2D eigenvalue weighted by atomic mass is 10.0. The van der Waals surface area contributed by atoms with E-state index in [0.717, 1.165) is 11.6 Å². The number of nitrogens with zero attached hydrogens (tertiary/aromatic N) is 3. The van der Waals surface area contributed by atoms with Crippen molar-refractivity contribution in [1.29, 1.82) is 0 Å². The van der Waals surface area contributed by atoms with Gasteiger partial charge < -0.3 is 14.6 Å². The number of likely N-dealkylation sites (N-methyl/N-ethyl adjacent to an activating group) is 1. The topological polar surface area (TPSA) is 61.6 Å². The van der Waals surface area contributed by atoms with E-state index in [2.05, 4.69) is 10.3 Å². The third kappa shape index (κ3) is 6.91. The molecular formula is C25H29F3N4O2. The summed E-state index contributed by atoms with van der Waals surface area (Å²) in [4.78, 5) is 20.4. The van der Waals surface area contributed by atoms with Gasteiger partial charge in [-0.25, -0.2) is 4.98 Å². The zero-order valence-corrected chi connectivity index (χ0v) is 19.5. The molecule has 1 heterocycles. The van der Waals surface area contributed by atoms with Gasteiger partial charge in [-0.3, -0.25) is 9.69 Å². The van der Waals surface area contributed by atoms with Crippen LogP contribution in [-0.2, 0) is 19.3 Å². The molecule has 0 aliphatic heterocycles. The lowest BCUT2D eigenvalue weighted by Crippen LogP contribution is -2.31. The normalized spacial score (nSPS) is 12.8. The minimum absolute atomic E-state index is 0.0263. The molecule has 1 amide bonds. The Kier molecular flexibility index (Phi) is 8.46. The van der Waals surface area contributed by atoms with E-state index in [0.29, 0.717) is 13.1 Å². The molecule has 1 aromatic heterocycles. The van der Waals surface area contributed by atoms with Crippen molar-refractivity contribution < 1.29 is 22.4 Å². The van der Waals surface area contributed by atoms with Crippen molar-refractivity contribution in [3.05, 3.63) is 89.1 Å². The number of benzene rings is 2. The van der Waals surface area contributed by atoms with Crippen molar-refractivity contribution in [2.75, 3.05) is 27.2 Å². The highest BCUT2D eigenvalue weighted by atomic mass is 19.4. The Balaban J connectivity index is 1.82. The van der Waals surface area contributed by atoms with Crippen molar-refractivity contribution in [1.82, 2.24) is 20.1 Å². The minimum Gasteiger partial charge on any atom is -0.447 e. The Morgan fingerprint density at radius 2 is 1.74 bits per heavy atom. The summed E-state index contributed by atoms with van der Waals surface area (Å²) in [6, 6.07) is 14.8. The molecular weight excluding hydrogens is 445 g/mol. The largest absolute Gasteiger partial charge is 0.447 e. The summed E-state index contributed by atoms with van der Waals surface area (Å²) in [5.41, 5.74) is 0.566. The first-order chi connectivity index (χ1) is 16.1. The first-order valence-electron chi connectivity index (χ1n) is 11.0. The van der Waals surface area contributed by atoms with E-state index in [9.17, 15) is 18.0 Å². The van der Waals surface area contributed by atoms with Crippen LogP contribution in [0.5, 0.6) is 0 Å². The highest BCUT2D eigenvalue weighted by Crippen LogP contribution is 2.34. The maximum Gasteiger partial charge on any atom is 0.416 e. The Bertz CT molecular complexity index is 1070. The number of carbonyl (C=O) groups is 1. The van der Waals surface area contributed by atoms with Crippen LogP contribution in [0, 0.1) is 0 Å². The second-order valence-corrected chi connectivity index (χ2v) is 8.33. The van der Waals surface area contributed by atoms with Gasteiger partial charge in [-0.05, 0) is 38.2 Å². The van der Waals surface area contributed by atoms with Crippen LogP contribution in [0.25, 0.3) is 0 Å². The van der Waals surface area contributed by atoms with E-state index < -0.39 is 11.7 Å². The number of nitrogens with one attached hydrogen (secondary N) is 1. The molecule has 1 N–H and O–H groups in total. The van der Waals surface area contributed by atoms with Crippen molar-refractivity contribution in [2.45, 2.75) is 32.2 Å². The second kappa shape index (κ2) is 11.3. The smallest absolute Gasteiger partial charge is 0.416 e. The standard InChI is InChI=1S/C25H29F3N4O2/c1-18(19-9-5-4-6-10-19)32(15-20-11-7-8-12-21(20)25(26,27)28)16-23-30-22(17-34-23)24(33)29-13-14-31(2)3/h4-12,17-18H,13-16H2,1-3H3,(H,29,33)/t18-/m0/s1. The zero-order chi connectivity index (χ0) is 24.7. The third-order valence-corrected chi connectivity index (χ3v) is 5.49. The Morgan fingerprint density at radius 1 is 1.06 bits per heavy atom. The number of carbonyl (C=O) groups excluding carboxylic acids is 1. The van der Waals surface area contributed by atoms with Gasteiger partial charge in [0.1, 0.15) is 6.26 Å². The molecule has 6 nitrogen and oxygen atoms in total. The highest BCUT2D eigenvalue weighted by molar-refractivity contribution is 5.91. The molecule has 182 valence electrons. The maximum atomic E-state index is 13.6. The van der Waals surface area contributed by atoms with E-state index in [-0.39, 0.29) is 42.2 Å². The summed E-state index contributed by atoms with van der Waals surface area (Å²) in [5, 5.41) is 2.77. The fraction of sp³-hybridized carbons (Fsp3) is 0.360. The summed E-state index contributed by atoms with van der Waals surface area (Å²) in [7, 11) is 3.81. The fourth-order valence-electron chi connectivity index (χ4n) is 3.57. The molecule has 34 heavy (non-hydrogen) atoms. The van der Waals surface area contributed by atoms with Crippen molar-refractivity contribution in [3.8, 4) is 0 Å². The lowest BCUT2D eigenvalue weighted by Gasteiger charge is -2.29. The van der Waals surface area contributed by atoms with Gasteiger partial charge in [0, 0.05) is 25.7 Å². The number of oxazole rings is 1. The second-order valence-electron chi connectivity index (χ2n) is 8.33. The van der Waals surface area contributed by atoms with E-state index in [1.807, 2.05) is 61.2 Å². The van der Waals surface area contributed by atoms with E-state index in [1.54, 1.807) is 6.07 Å². The van der Waals surface area contributed by atoms with Crippen LogP contribution in [0.3, 0.4) is 0 Å². The molecule has 0 spiro atoms. The van der Waals surface area contributed by atoms with Gasteiger partial charge in [-0.15, -0.1) is 0 Å². The van der Waals surface area contributed by atoms with Crippen LogP contribution in [0.1, 0.15) is 46.0 Å². The van der Waals surface area contributed by atoms with Gasteiger partial charge in [0.05, 0.1) is 12.1 Å². The van der Waals surface area contributed by atoms with Crippen LogP contribution in [0.2, 0.25) is 0 Å². The number of halogens is 3. The molecule has 0 saturated heterocycles. The molecule has 1 atom stereocenters. The van der Waals surface area contributed by atoms with Crippen LogP contribution in [-0.4, -0.2) is 47.9 Å². The molecule has 0 radical (unpaired) electrons. The molecule has 0 saturated carbocycles. The van der Waals surface area contributed by atoms with E-state index in [4.69, 9.17) is 4.42 Å². The van der Waals surface area contributed by atoms with Gasteiger partial charge in [0.25, 0.3) is 5.91 Å². The summed E-state index contributed by atoms with van der Waals surface area (Å²) in [6.45, 7) is 3.21. The Labute approximate surface area is 197 Å². The van der Waals surface area contributed by atoms with Crippen LogP contribution in [0.15, 0.2) is 65.3 Å². The van der Waals surface area contributed by atoms with Crippen molar-refractivity contribution in [2.24, 2.45) is 0 Å². The molecule has 3 rings (SSSR count). The zero-order valence-electron chi connectivity index (χ0n) is 19.5. The highest BCUT2D eigenvalue weighted by Gasteiger charge is 2.34. The van der Waals surface area contributed by atoms with E-state index in [1.165, 1.54) is 18.4 Å². The summed E-state index contributed by atoms with van der Waals surface area (Å²) in [5.74, 6) is -0.105. The van der Waals surface area contributed by atoms with Gasteiger partial charge in [-0.1, -0.05) is 48.5 Å². The van der Waals surface area contributed by atoms with Crippen molar-refractivity contribution in [3.63, 3.8) is 0 Å². The van der Waals surface area contributed by atoms with Gasteiger partial charge in [-0.2, -0.15) is 13.2 Å². The number of rotatable bonds is 10. The average Bonchev–Trinajstić information content (AvgIpc) is 3.27. The molecule has 0 fully saturated rings. The number of alkyl halides is 3. The molecule has 0 bridgehead atoms. The van der Waals surface area contributed by atoms with Crippen LogP contribution < -0.4 is 5.32 Å². The maximum absolute atomic E-state index is 13.6. The summed E-state index contributed by atoms with van der Waals surface area (Å²) in [6.07, 6.45) is -3.19. The predicted octanol–water partition coefficient (Wildman–Crippen LogP) is 4.75. The lowest BCUT2D eigenvalue weighted by molar-refractivity contribution is -0.138. The SMILES string of the molecule is C[C@@H](c1ccccc1)N(Cc1nc(C(=O)NCCN(C)C)co1)Cc1ccccc1C(F)(F)F. The Morgan fingerprint density at radius 3 is 2.41 bits per heavy atom. The first-order valence-corrected chi connectivity index (χ1v) is 11.0.